The molecule has 0 aromatic heterocycles. The Labute approximate surface area is 136 Å². The van der Waals surface area contributed by atoms with Crippen LogP contribution in [-0.2, 0) is 9.59 Å². The fourth-order valence-electron chi connectivity index (χ4n) is 1.90. The standard InChI is InChI=1S/C18H21N3O2/c1-13(2)18(23)21-16-10-6-9-15(11-16)19-12-17(22)20-14-7-4-3-5-8-14/h3-11,13,19H,12H2,1-2H3,(H,20,22)(H,21,23). The maximum absolute atomic E-state index is 11.9. The van der Waals surface area contributed by atoms with Crippen LogP contribution in [0.2, 0.25) is 0 Å². The van der Waals surface area contributed by atoms with Crippen molar-refractivity contribution in [2.75, 3.05) is 22.5 Å². The highest BCUT2D eigenvalue weighted by atomic mass is 16.2. The molecule has 0 aliphatic carbocycles. The summed E-state index contributed by atoms with van der Waals surface area (Å²) in [6, 6.07) is 16.6. The summed E-state index contributed by atoms with van der Waals surface area (Å²) in [5.74, 6) is -0.250. The van der Waals surface area contributed by atoms with Crippen molar-refractivity contribution in [2.45, 2.75) is 13.8 Å². The summed E-state index contributed by atoms with van der Waals surface area (Å²) in [4.78, 5) is 23.6. The highest BCUT2D eigenvalue weighted by molar-refractivity contribution is 5.94. The van der Waals surface area contributed by atoms with Gasteiger partial charge >= 0.3 is 0 Å². The molecule has 0 saturated carbocycles. The summed E-state index contributed by atoms with van der Waals surface area (Å²) in [5.41, 5.74) is 2.24. The number of hydrogen-bond acceptors (Lipinski definition) is 3. The molecule has 0 saturated heterocycles. The molecule has 2 amide bonds. The molecule has 0 aliphatic heterocycles. The van der Waals surface area contributed by atoms with E-state index in [4.69, 9.17) is 0 Å². The minimum atomic E-state index is -0.132. The van der Waals surface area contributed by atoms with Crippen LogP contribution in [0.15, 0.2) is 54.6 Å². The topological polar surface area (TPSA) is 70.2 Å². The van der Waals surface area contributed by atoms with Gasteiger partial charge in [-0.2, -0.15) is 0 Å². The summed E-state index contributed by atoms with van der Waals surface area (Å²) in [7, 11) is 0. The molecule has 0 spiro atoms. The van der Waals surface area contributed by atoms with E-state index >= 15 is 0 Å². The first kappa shape index (κ1) is 16.5. The summed E-state index contributed by atoms with van der Waals surface area (Å²) >= 11 is 0. The first-order valence-electron chi connectivity index (χ1n) is 7.54. The molecule has 0 heterocycles. The van der Waals surface area contributed by atoms with Crippen LogP contribution in [-0.4, -0.2) is 18.4 Å². The molecule has 120 valence electrons. The Morgan fingerprint density at radius 2 is 1.52 bits per heavy atom. The Morgan fingerprint density at radius 3 is 2.22 bits per heavy atom. The van der Waals surface area contributed by atoms with Crippen molar-refractivity contribution in [1.82, 2.24) is 0 Å². The van der Waals surface area contributed by atoms with Gasteiger partial charge in [-0.15, -0.1) is 0 Å². The van der Waals surface area contributed by atoms with Crippen molar-refractivity contribution < 1.29 is 9.59 Å². The van der Waals surface area contributed by atoms with Crippen LogP contribution in [0.25, 0.3) is 0 Å². The Balaban J connectivity index is 1.88. The van der Waals surface area contributed by atoms with Gasteiger partial charge in [-0.3, -0.25) is 9.59 Å². The third kappa shape index (κ3) is 5.47. The van der Waals surface area contributed by atoms with Gasteiger partial charge in [0.25, 0.3) is 0 Å². The second kappa shape index (κ2) is 7.98. The van der Waals surface area contributed by atoms with Crippen LogP contribution in [0.4, 0.5) is 17.1 Å². The second-order valence-corrected chi connectivity index (χ2v) is 5.49. The number of rotatable bonds is 6. The first-order chi connectivity index (χ1) is 11.0. The van der Waals surface area contributed by atoms with Gasteiger partial charge in [-0.1, -0.05) is 38.1 Å². The van der Waals surface area contributed by atoms with Gasteiger partial charge in [0.05, 0.1) is 6.54 Å². The monoisotopic (exact) mass is 311 g/mol. The molecule has 23 heavy (non-hydrogen) atoms. The predicted molar refractivity (Wildman–Crippen MR) is 93.5 cm³/mol. The van der Waals surface area contributed by atoms with Gasteiger partial charge in [0.15, 0.2) is 0 Å². The van der Waals surface area contributed by atoms with E-state index in [2.05, 4.69) is 16.0 Å². The Kier molecular flexibility index (Phi) is 5.74. The number of anilines is 3. The van der Waals surface area contributed by atoms with E-state index in [-0.39, 0.29) is 24.3 Å². The maximum atomic E-state index is 11.9. The number of nitrogens with one attached hydrogen (secondary N) is 3. The largest absolute Gasteiger partial charge is 0.376 e. The average Bonchev–Trinajstić information content (AvgIpc) is 2.54. The average molecular weight is 311 g/mol. The zero-order valence-corrected chi connectivity index (χ0v) is 13.3. The molecular weight excluding hydrogens is 290 g/mol. The summed E-state index contributed by atoms with van der Waals surface area (Å²) in [6.45, 7) is 3.83. The molecule has 0 aliphatic rings. The van der Waals surface area contributed by atoms with Gasteiger partial charge in [-0.05, 0) is 30.3 Å². The second-order valence-electron chi connectivity index (χ2n) is 5.49. The molecule has 0 fully saturated rings. The van der Waals surface area contributed by atoms with Crippen molar-refractivity contribution in [1.29, 1.82) is 0 Å². The van der Waals surface area contributed by atoms with Crippen LogP contribution >= 0.6 is 0 Å². The van der Waals surface area contributed by atoms with Crippen LogP contribution < -0.4 is 16.0 Å². The summed E-state index contributed by atoms with van der Waals surface area (Å²) < 4.78 is 0. The van der Waals surface area contributed by atoms with Gasteiger partial charge in [-0.25, -0.2) is 0 Å². The number of amides is 2. The van der Waals surface area contributed by atoms with Crippen molar-refractivity contribution >= 4 is 28.9 Å². The van der Waals surface area contributed by atoms with E-state index in [0.717, 1.165) is 11.4 Å². The van der Waals surface area contributed by atoms with Gasteiger partial charge in [0, 0.05) is 23.0 Å². The lowest BCUT2D eigenvalue weighted by Crippen LogP contribution is -2.22. The van der Waals surface area contributed by atoms with Crippen molar-refractivity contribution in [3.63, 3.8) is 0 Å². The number of para-hydroxylation sites is 1. The SMILES string of the molecule is CC(C)C(=O)Nc1cccc(NCC(=O)Nc2ccccc2)c1. The van der Waals surface area contributed by atoms with Gasteiger partial charge in [0.2, 0.25) is 11.8 Å². The molecule has 3 N–H and O–H groups in total. The van der Waals surface area contributed by atoms with Crippen molar-refractivity contribution in [2.24, 2.45) is 5.92 Å². The van der Waals surface area contributed by atoms with E-state index in [9.17, 15) is 9.59 Å². The molecule has 2 aromatic carbocycles. The summed E-state index contributed by atoms with van der Waals surface area (Å²) in [6.07, 6.45) is 0. The molecular formula is C18H21N3O2. The molecule has 2 aromatic rings. The normalized spacial score (nSPS) is 10.2. The number of carbonyl (C=O) groups is 2. The quantitative estimate of drug-likeness (QED) is 0.766. The fourth-order valence-corrected chi connectivity index (χ4v) is 1.90. The predicted octanol–water partition coefficient (Wildman–Crippen LogP) is 3.33. The molecule has 0 bridgehead atoms. The van der Waals surface area contributed by atoms with Crippen molar-refractivity contribution in [3.8, 4) is 0 Å². The van der Waals surface area contributed by atoms with Gasteiger partial charge < -0.3 is 16.0 Å². The Morgan fingerprint density at radius 1 is 0.870 bits per heavy atom. The lowest BCUT2D eigenvalue weighted by atomic mass is 10.2. The number of carbonyl (C=O) groups excluding carboxylic acids is 2. The molecule has 0 radical (unpaired) electrons. The van der Waals surface area contributed by atoms with Crippen LogP contribution in [0.3, 0.4) is 0 Å². The molecule has 2 rings (SSSR count). The van der Waals surface area contributed by atoms with E-state index in [1.54, 1.807) is 6.07 Å². The third-order valence-electron chi connectivity index (χ3n) is 3.17. The number of benzene rings is 2. The first-order valence-corrected chi connectivity index (χ1v) is 7.54. The smallest absolute Gasteiger partial charge is 0.243 e. The van der Waals surface area contributed by atoms with Crippen molar-refractivity contribution in [3.05, 3.63) is 54.6 Å². The van der Waals surface area contributed by atoms with Crippen LogP contribution in [0.1, 0.15) is 13.8 Å². The molecule has 5 heteroatoms. The molecule has 0 atom stereocenters. The minimum Gasteiger partial charge on any atom is -0.376 e. The lowest BCUT2D eigenvalue weighted by molar-refractivity contribution is -0.119. The van der Waals surface area contributed by atoms with Crippen LogP contribution in [0, 0.1) is 5.92 Å². The van der Waals surface area contributed by atoms with Crippen LogP contribution in [0.5, 0.6) is 0 Å². The molecule has 5 nitrogen and oxygen atoms in total. The Bertz CT molecular complexity index is 669. The highest BCUT2D eigenvalue weighted by Gasteiger charge is 2.07. The van der Waals surface area contributed by atoms with E-state index in [1.165, 1.54) is 0 Å². The lowest BCUT2D eigenvalue weighted by Gasteiger charge is -2.11. The fraction of sp³-hybridized carbons (Fsp3) is 0.222. The minimum absolute atomic E-state index is 0.0380. The van der Waals surface area contributed by atoms with E-state index < -0.39 is 0 Å². The highest BCUT2D eigenvalue weighted by Crippen LogP contribution is 2.16. The number of hydrogen-bond donors (Lipinski definition) is 3. The third-order valence-corrected chi connectivity index (χ3v) is 3.17. The zero-order valence-electron chi connectivity index (χ0n) is 13.3. The molecule has 0 unspecified atom stereocenters. The summed E-state index contributed by atoms with van der Waals surface area (Å²) in [5, 5.41) is 8.68. The van der Waals surface area contributed by atoms with Gasteiger partial charge in [0.1, 0.15) is 0 Å². The van der Waals surface area contributed by atoms with E-state index in [1.807, 2.05) is 62.4 Å². The maximum Gasteiger partial charge on any atom is 0.243 e. The Hall–Kier alpha value is -2.82. The zero-order chi connectivity index (χ0) is 16.7. The van der Waals surface area contributed by atoms with E-state index in [0.29, 0.717) is 5.69 Å².